The van der Waals surface area contributed by atoms with Crippen LogP contribution < -0.4 is 0 Å². The van der Waals surface area contributed by atoms with Crippen LogP contribution in [0.5, 0.6) is 0 Å². The standard InChI is InChI=1S/C13H18ClN3O/c1-4-18-9-13(2,3)8-17-12-6-5-10(14)7-11(12)15-16-17/h5-7H,4,8-9H2,1-3H3. The van der Waals surface area contributed by atoms with Crippen molar-refractivity contribution in [1.82, 2.24) is 15.0 Å². The van der Waals surface area contributed by atoms with Crippen LogP contribution >= 0.6 is 11.6 Å². The van der Waals surface area contributed by atoms with Crippen molar-refractivity contribution in [2.45, 2.75) is 27.3 Å². The van der Waals surface area contributed by atoms with Crippen molar-refractivity contribution in [1.29, 1.82) is 0 Å². The highest BCUT2D eigenvalue weighted by Gasteiger charge is 2.20. The summed E-state index contributed by atoms with van der Waals surface area (Å²) in [6.07, 6.45) is 0. The smallest absolute Gasteiger partial charge is 0.114 e. The van der Waals surface area contributed by atoms with Crippen molar-refractivity contribution < 1.29 is 4.74 Å². The predicted octanol–water partition coefficient (Wildman–Crippen LogP) is 3.15. The maximum absolute atomic E-state index is 5.93. The Morgan fingerprint density at radius 2 is 2.17 bits per heavy atom. The van der Waals surface area contributed by atoms with E-state index in [0.717, 1.165) is 24.2 Å². The number of ether oxygens (including phenoxy) is 1. The van der Waals surface area contributed by atoms with E-state index in [-0.39, 0.29) is 5.41 Å². The SMILES string of the molecule is CCOCC(C)(C)Cn1nnc2cc(Cl)ccc21. The van der Waals surface area contributed by atoms with Gasteiger partial charge in [0.1, 0.15) is 5.52 Å². The second-order valence-corrected chi connectivity index (χ2v) is 5.62. The summed E-state index contributed by atoms with van der Waals surface area (Å²) in [5.74, 6) is 0. The van der Waals surface area contributed by atoms with Gasteiger partial charge in [0.25, 0.3) is 0 Å². The normalized spacial score (nSPS) is 12.2. The first-order valence-electron chi connectivity index (χ1n) is 6.08. The molecule has 98 valence electrons. The Morgan fingerprint density at radius 3 is 2.89 bits per heavy atom. The van der Waals surface area contributed by atoms with Gasteiger partial charge in [-0.2, -0.15) is 0 Å². The Labute approximate surface area is 112 Å². The summed E-state index contributed by atoms with van der Waals surface area (Å²) in [5, 5.41) is 9.00. The summed E-state index contributed by atoms with van der Waals surface area (Å²) in [5.41, 5.74) is 1.86. The minimum absolute atomic E-state index is 0.0241. The number of hydrogen-bond acceptors (Lipinski definition) is 3. The monoisotopic (exact) mass is 267 g/mol. The number of hydrogen-bond donors (Lipinski definition) is 0. The number of benzene rings is 1. The second kappa shape index (κ2) is 5.24. The lowest BCUT2D eigenvalue weighted by molar-refractivity contribution is 0.0594. The van der Waals surface area contributed by atoms with E-state index in [1.54, 1.807) is 0 Å². The summed E-state index contributed by atoms with van der Waals surface area (Å²) < 4.78 is 7.40. The Hall–Kier alpha value is -1.13. The van der Waals surface area contributed by atoms with Gasteiger partial charge in [0.15, 0.2) is 0 Å². The molecule has 0 N–H and O–H groups in total. The zero-order valence-corrected chi connectivity index (χ0v) is 11.7. The molecule has 0 bridgehead atoms. The van der Waals surface area contributed by atoms with Gasteiger partial charge in [-0.15, -0.1) is 5.10 Å². The summed E-state index contributed by atoms with van der Waals surface area (Å²) in [7, 11) is 0. The van der Waals surface area contributed by atoms with Crippen LogP contribution in [0.4, 0.5) is 0 Å². The number of nitrogens with zero attached hydrogens (tertiary/aromatic N) is 3. The topological polar surface area (TPSA) is 39.9 Å². The van der Waals surface area contributed by atoms with Crippen molar-refractivity contribution in [3.8, 4) is 0 Å². The molecule has 0 aliphatic heterocycles. The van der Waals surface area contributed by atoms with Crippen molar-refractivity contribution in [2.75, 3.05) is 13.2 Å². The third-order valence-corrected chi connectivity index (χ3v) is 2.99. The van der Waals surface area contributed by atoms with Crippen LogP contribution in [0, 0.1) is 5.41 Å². The summed E-state index contributed by atoms with van der Waals surface area (Å²) >= 11 is 5.93. The minimum atomic E-state index is 0.0241. The number of halogens is 1. The molecule has 0 spiro atoms. The van der Waals surface area contributed by atoms with Crippen molar-refractivity contribution in [3.63, 3.8) is 0 Å². The first-order valence-corrected chi connectivity index (χ1v) is 6.46. The van der Waals surface area contributed by atoms with Crippen molar-refractivity contribution in [3.05, 3.63) is 23.2 Å². The highest BCUT2D eigenvalue weighted by Crippen LogP contribution is 2.22. The van der Waals surface area contributed by atoms with Crippen LogP contribution in [-0.4, -0.2) is 28.2 Å². The Bertz CT molecular complexity index is 536. The molecule has 0 atom stereocenters. The average Bonchev–Trinajstić information content (AvgIpc) is 2.68. The van der Waals surface area contributed by atoms with E-state index in [1.807, 2.05) is 29.8 Å². The largest absolute Gasteiger partial charge is 0.381 e. The maximum Gasteiger partial charge on any atom is 0.114 e. The molecule has 2 aromatic rings. The van der Waals surface area contributed by atoms with Crippen LogP contribution in [0.2, 0.25) is 5.02 Å². The van der Waals surface area contributed by atoms with Crippen LogP contribution in [0.25, 0.3) is 11.0 Å². The van der Waals surface area contributed by atoms with Gasteiger partial charge >= 0.3 is 0 Å². The minimum Gasteiger partial charge on any atom is -0.381 e. The zero-order valence-electron chi connectivity index (χ0n) is 11.0. The summed E-state index contributed by atoms with van der Waals surface area (Å²) in [6.45, 7) is 8.53. The van der Waals surface area contributed by atoms with Crippen LogP contribution in [-0.2, 0) is 11.3 Å². The van der Waals surface area contributed by atoms with E-state index in [9.17, 15) is 0 Å². The van der Waals surface area contributed by atoms with Gasteiger partial charge < -0.3 is 4.74 Å². The fourth-order valence-corrected chi connectivity index (χ4v) is 2.06. The maximum atomic E-state index is 5.93. The summed E-state index contributed by atoms with van der Waals surface area (Å²) in [4.78, 5) is 0. The second-order valence-electron chi connectivity index (χ2n) is 5.18. The lowest BCUT2D eigenvalue weighted by Crippen LogP contribution is -2.26. The Balaban J connectivity index is 2.21. The molecule has 0 amide bonds. The molecule has 0 saturated carbocycles. The lowest BCUT2D eigenvalue weighted by atomic mass is 9.95. The van der Waals surface area contributed by atoms with Gasteiger partial charge in [-0.3, -0.25) is 0 Å². The first kappa shape index (κ1) is 13.3. The number of fused-ring (bicyclic) bond motifs is 1. The molecule has 1 aromatic carbocycles. The number of aromatic nitrogens is 3. The van der Waals surface area contributed by atoms with Gasteiger partial charge in [-0.1, -0.05) is 30.7 Å². The van der Waals surface area contributed by atoms with Crippen molar-refractivity contribution in [2.24, 2.45) is 5.41 Å². The highest BCUT2D eigenvalue weighted by molar-refractivity contribution is 6.31. The van der Waals surface area contributed by atoms with E-state index in [4.69, 9.17) is 16.3 Å². The Kier molecular flexibility index (Phi) is 3.88. The highest BCUT2D eigenvalue weighted by atomic mass is 35.5. The average molecular weight is 268 g/mol. The molecule has 0 aliphatic rings. The molecule has 1 heterocycles. The molecular weight excluding hydrogens is 250 g/mol. The molecule has 1 aromatic heterocycles. The number of rotatable bonds is 5. The third-order valence-electron chi connectivity index (χ3n) is 2.75. The van der Waals surface area contributed by atoms with Gasteiger partial charge in [0.05, 0.1) is 18.7 Å². The van der Waals surface area contributed by atoms with Crippen LogP contribution in [0.1, 0.15) is 20.8 Å². The molecule has 0 aliphatic carbocycles. The van der Waals surface area contributed by atoms with E-state index in [1.165, 1.54) is 0 Å². The van der Waals surface area contributed by atoms with E-state index in [2.05, 4.69) is 24.2 Å². The molecule has 2 rings (SSSR count). The molecule has 4 nitrogen and oxygen atoms in total. The fourth-order valence-electron chi connectivity index (χ4n) is 1.89. The molecule has 0 fully saturated rings. The van der Waals surface area contributed by atoms with Gasteiger partial charge in [-0.05, 0) is 25.1 Å². The molecular formula is C13H18ClN3O. The van der Waals surface area contributed by atoms with Crippen LogP contribution in [0.15, 0.2) is 18.2 Å². The van der Waals surface area contributed by atoms with Gasteiger partial charge in [0, 0.05) is 17.0 Å². The first-order chi connectivity index (χ1) is 8.52. The van der Waals surface area contributed by atoms with E-state index >= 15 is 0 Å². The van der Waals surface area contributed by atoms with Gasteiger partial charge in [0.2, 0.25) is 0 Å². The van der Waals surface area contributed by atoms with E-state index < -0.39 is 0 Å². The van der Waals surface area contributed by atoms with Crippen molar-refractivity contribution >= 4 is 22.6 Å². The Morgan fingerprint density at radius 1 is 1.39 bits per heavy atom. The van der Waals surface area contributed by atoms with E-state index in [0.29, 0.717) is 11.6 Å². The third kappa shape index (κ3) is 3.00. The lowest BCUT2D eigenvalue weighted by Gasteiger charge is -2.23. The van der Waals surface area contributed by atoms with Gasteiger partial charge in [-0.25, -0.2) is 4.68 Å². The molecule has 0 saturated heterocycles. The zero-order chi connectivity index (χ0) is 13.2. The molecule has 0 unspecified atom stereocenters. The fraction of sp³-hybridized carbons (Fsp3) is 0.538. The predicted molar refractivity (Wildman–Crippen MR) is 72.8 cm³/mol. The summed E-state index contributed by atoms with van der Waals surface area (Å²) in [6, 6.07) is 5.64. The quantitative estimate of drug-likeness (QED) is 0.836. The molecule has 5 heteroatoms. The molecule has 0 radical (unpaired) electrons. The van der Waals surface area contributed by atoms with Crippen LogP contribution in [0.3, 0.4) is 0 Å². The molecule has 18 heavy (non-hydrogen) atoms.